The maximum absolute atomic E-state index is 13.7. The molecule has 1 aromatic heterocycles. The smallest absolute Gasteiger partial charge is 0.216 e. The van der Waals surface area contributed by atoms with Crippen LogP contribution in [0.15, 0.2) is 54.9 Å². The summed E-state index contributed by atoms with van der Waals surface area (Å²) in [5.41, 5.74) is 0.928. The lowest BCUT2D eigenvalue weighted by atomic mass is 10.1. The third kappa shape index (κ3) is 4.87. The first-order valence-electron chi connectivity index (χ1n) is 7.92. The van der Waals surface area contributed by atoms with Crippen molar-refractivity contribution >= 4 is 33.2 Å². The summed E-state index contributed by atoms with van der Waals surface area (Å²) in [4.78, 5) is 4.21. The minimum Gasteiger partial charge on any atom is -0.336 e. The minimum absolute atomic E-state index is 0.273. The largest absolute Gasteiger partial charge is 0.336 e. The lowest BCUT2D eigenvalue weighted by Crippen LogP contribution is -2.32. The number of halogens is 3. The van der Waals surface area contributed by atoms with Gasteiger partial charge in [0, 0.05) is 19.4 Å². The summed E-state index contributed by atoms with van der Waals surface area (Å²) in [6, 6.07) is 9.53. The number of aryl methyl sites for hydroxylation is 1. The van der Waals surface area contributed by atoms with Gasteiger partial charge < -0.3 is 4.57 Å². The molecule has 0 saturated carbocycles. The third-order valence-corrected chi connectivity index (χ3v) is 5.98. The number of benzene rings is 2. The number of hydrogen-bond donors (Lipinski definition) is 1. The van der Waals surface area contributed by atoms with Crippen LogP contribution in [-0.4, -0.2) is 18.0 Å². The Balaban J connectivity index is 1.93. The number of nitrogens with one attached hydrogen (secondary N) is 1. The van der Waals surface area contributed by atoms with Gasteiger partial charge in [-0.1, -0.05) is 41.4 Å². The maximum Gasteiger partial charge on any atom is 0.216 e. The monoisotopic (exact) mass is 427 g/mol. The molecule has 0 aliphatic heterocycles. The van der Waals surface area contributed by atoms with Crippen LogP contribution in [0.5, 0.6) is 0 Å². The third-order valence-electron chi connectivity index (χ3n) is 3.94. The standard InChI is InChI=1S/C18H16Cl2FN3O2S/c1-24-8-7-22-18(24)17(13-3-2-4-14(21)10-13)23-27(25,26)11-12-5-6-15(19)16(20)9-12/h2-10,17,23H,11H2,1H3. The summed E-state index contributed by atoms with van der Waals surface area (Å²) in [5.74, 6) is -0.325. The molecule has 0 saturated heterocycles. The Hall–Kier alpha value is -1.93. The van der Waals surface area contributed by atoms with Crippen LogP contribution >= 0.6 is 23.2 Å². The second-order valence-corrected chi connectivity index (χ2v) is 8.58. The van der Waals surface area contributed by atoms with Crippen LogP contribution < -0.4 is 4.72 Å². The second-order valence-electron chi connectivity index (χ2n) is 6.01. The van der Waals surface area contributed by atoms with E-state index in [-0.39, 0.29) is 10.8 Å². The maximum atomic E-state index is 13.7. The van der Waals surface area contributed by atoms with Crippen LogP contribution in [0.3, 0.4) is 0 Å². The Morgan fingerprint density at radius 3 is 2.59 bits per heavy atom. The van der Waals surface area contributed by atoms with Gasteiger partial charge in [0.25, 0.3) is 0 Å². The zero-order valence-corrected chi connectivity index (χ0v) is 16.6. The molecular weight excluding hydrogens is 412 g/mol. The summed E-state index contributed by atoms with van der Waals surface area (Å²) < 4.78 is 43.5. The Morgan fingerprint density at radius 2 is 1.96 bits per heavy atom. The predicted molar refractivity (Wildman–Crippen MR) is 104 cm³/mol. The number of sulfonamides is 1. The van der Waals surface area contributed by atoms with Crippen LogP contribution in [0.25, 0.3) is 0 Å². The van der Waals surface area contributed by atoms with E-state index in [1.807, 2.05) is 0 Å². The summed E-state index contributed by atoms with van der Waals surface area (Å²) in [6.07, 6.45) is 3.24. The Morgan fingerprint density at radius 1 is 1.19 bits per heavy atom. The predicted octanol–water partition coefficient (Wildman–Crippen LogP) is 4.08. The number of imidazole rings is 1. The molecule has 0 radical (unpaired) electrons. The molecule has 2 aromatic carbocycles. The molecule has 1 atom stereocenters. The van der Waals surface area contributed by atoms with Crippen molar-refractivity contribution in [2.45, 2.75) is 11.8 Å². The van der Waals surface area contributed by atoms with Crippen LogP contribution in [0, 0.1) is 5.82 Å². The normalized spacial score (nSPS) is 12.9. The van der Waals surface area contributed by atoms with E-state index >= 15 is 0 Å². The first-order chi connectivity index (χ1) is 12.7. The van der Waals surface area contributed by atoms with E-state index in [1.165, 1.54) is 30.3 Å². The van der Waals surface area contributed by atoms with E-state index in [0.717, 1.165) is 0 Å². The van der Waals surface area contributed by atoms with Crippen molar-refractivity contribution in [1.82, 2.24) is 14.3 Å². The van der Waals surface area contributed by atoms with Gasteiger partial charge in [-0.3, -0.25) is 0 Å². The highest BCUT2D eigenvalue weighted by Gasteiger charge is 2.25. The summed E-state index contributed by atoms with van der Waals surface area (Å²) in [5, 5.41) is 0.617. The molecule has 1 N–H and O–H groups in total. The van der Waals surface area contributed by atoms with Crippen molar-refractivity contribution in [3.63, 3.8) is 0 Å². The van der Waals surface area contributed by atoms with Gasteiger partial charge in [-0.2, -0.15) is 4.72 Å². The van der Waals surface area contributed by atoms with Crippen LogP contribution in [0.4, 0.5) is 4.39 Å². The van der Waals surface area contributed by atoms with Gasteiger partial charge in [-0.05, 0) is 35.4 Å². The Bertz CT molecular complexity index is 1070. The van der Waals surface area contributed by atoms with Gasteiger partial charge in [0.1, 0.15) is 17.7 Å². The molecule has 1 unspecified atom stereocenters. The van der Waals surface area contributed by atoms with Crippen molar-refractivity contribution in [1.29, 1.82) is 0 Å². The van der Waals surface area contributed by atoms with E-state index in [1.54, 1.807) is 36.1 Å². The number of hydrogen-bond acceptors (Lipinski definition) is 3. The van der Waals surface area contributed by atoms with Crippen molar-refractivity contribution in [2.75, 3.05) is 0 Å². The summed E-state index contributed by atoms with van der Waals surface area (Å²) in [7, 11) is -2.06. The number of aromatic nitrogens is 2. The quantitative estimate of drug-likeness (QED) is 0.644. The van der Waals surface area contributed by atoms with Gasteiger partial charge in [0.2, 0.25) is 10.0 Å². The zero-order chi connectivity index (χ0) is 19.6. The Kier molecular flexibility index (Phi) is 5.86. The first kappa shape index (κ1) is 19.8. The molecule has 0 aliphatic rings. The van der Waals surface area contributed by atoms with E-state index in [9.17, 15) is 12.8 Å². The summed E-state index contributed by atoms with van der Waals surface area (Å²) in [6.45, 7) is 0. The lowest BCUT2D eigenvalue weighted by Gasteiger charge is -2.19. The van der Waals surface area contributed by atoms with Crippen LogP contribution in [0.1, 0.15) is 23.0 Å². The highest BCUT2D eigenvalue weighted by molar-refractivity contribution is 7.88. The topological polar surface area (TPSA) is 64.0 Å². The van der Waals surface area contributed by atoms with E-state index in [2.05, 4.69) is 9.71 Å². The van der Waals surface area contributed by atoms with E-state index in [0.29, 0.717) is 22.0 Å². The van der Waals surface area contributed by atoms with Crippen LogP contribution in [-0.2, 0) is 22.8 Å². The average molecular weight is 428 g/mol. The van der Waals surface area contributed by atoms with Crippen molar-refractivity contribution in [3.05, 3.63) is 87.7 Å². The van der Waals surface area contributed by atoms with Crippen molar-refractivity contribution < 1.29 is 12.8 Å². The molecular formula is C18H16Cl2FN3O2S. The zero-order valence-electron chi connectivity index (χ0n) is 14.2. The fourth-order valence-electron chi connectivity index (χ4n) is 2.68. The van der Waals surface area contributed by atoms with Crippen molar-refractivity contribution in [2.24, 2.45) is 7.05 Å². The molecule has 3 aromatic rings. The Labute approximate surface area is 166 Å². The van der Waals surface area contributed by atoms with Gasteiger partial charge in [0.15, 0.2) is 0 Å². The molecule has 5 nitrogen and oxygen atoms in total. The van der Waals surface area contributed by atoms with E-state index < -0.39 is 21.9 Å². The van der Waals surface area contributed by atoms with Gasteiger partial charge in [0.05, 0.1) is 15.8 Å². The molecule has 3 rings (SSSR count). The molecule has 27 heavy (non-hydrogen) atoms. The molecule has 142 valence electrons. The fraction of sp³-hybridized carbons (Fsp3) is 0.167. The van der Waals surface area contributed by atoms with Crippen LogP contribution in [0.2, 0.25) is 10.0 Å². The van der Waals surface area contributed by atoms with Crippen molar-refractivity contribution in [3.8, 4) is 0 Å². The molecule has 0 aliphatic carbocycles. The highest BCUT2D eigenvalue weighted by Crippen LogP contribution is 2.25. The lowest BCUT2D eigenvalue weighted by molar-refractivity contribution is 0.559. The number of nitrogens with zero attached hydrogens (tertiary/aromatic N) is 2. The molecule has 0 spiro atoms. The van der Waals surface area contributed by atoms with E-state index in [4.69, 9.17) is 23.2 Å². The summed E-state index contributed by atoms with van der Waals surface area (Å²) >= 11 is 11.8. The molecule has 1 heterocycles. The van der Waals surface area contributed by atoms with Gasteiger partial charge in [-0.15, -0.1) is 0 Å². The molecule has 9 heteroatoms. The first-order valence-corrected chi connectivity index (χ1v) is 10.3. The average Bonchev–Trinajstić information content (AvgIpc) is 3.02. The second kappa shape index (κ2) is 7.98. The SMILES string of the molecule is Cn1ccnc1C(NS(=O)(=O)Cc1ccc(Cl)c(Cl)c1)c1cccc(F)c1. The number of rotatable bonds is 6. The molecule has 0 fully saturated rings. The highest BCUT2D eigenvalue weighted by atomic mass is 35.5. The fourth-order valence-corrected chi connectivity index (χ4v) is 4.30. The minimum atomic E-state index is -3.79. The van der Waals surface area contributed by atoms with Gasteiger partial charge in [-0.25, -0.2) is 17.8 Å². The molecule has 0 bridgehead atoms. The molecule has 0 amide bonds. The van der Waals surface area contributed by atoms with Gasteiger partial charge >= 0.3 is 0 Å².